The van der Waals surface area contributed by atoms with Gasteiger partial charge in [-0.25, -0.2) is 9.59 Å². The van der Waals surface area contributed by atoms with Crippen molar-refractivity contribution in [1.29, 1.82) is 0 Å². The van der Waals surface area contributed by atoms with E-state index in [2.05, 4.69) is 21.3 Å². The number of amides is 6. The van der Waals surface area contributed by atoms with E-state index in [0.717, 1.165) is 0 Å². The minimum absolute atomic E-state index is 0.494. The molecule has 86 valence electrons. The van der Waals surface area contributed by atoms with Crippen molar-refractivity contribution < 1.29 is 19.2 Å². The molecule has 8 nitrogen and oxygen atoms in total. The Labute approximate surface area is 90.1 Å². The van der Waals surface area contributed by atoms with E-state index in [1.165, 1.54) is 0 Å². The maximum Gasteiger partial charge on any atom is 0.322 e. The zero-order valence-corrected chi connectivity index (χ0v) is 8.37. The summed E-state index contributed by atoms with van der Waals surface area (Å²) in [5.41, 5.74) is 0. The van der Waals surface area contributed by atoms with Crippen molar-refractivity contribution in [2.75, 3.05) is 0 Å². The van der Waals surface area contributed by atoms with Crippen molar-refractivity contribution in [3.05, 3.63) is 0 Å². The molecule has 0 aromatic carbocycles. The summed E-state index contributed by atoms with van der Waals surface area (Å²) in [6, 6.07) is -2.79. The molecular weight excluding hydrogens is 216 g/mol. The zero-order valence-electron chi connectivity index (χ0n) is 8.37. The summed E-state index contributed by atoms with van der Waals surface area (Å²) in [4.78, 5) is 44.5. The normalized spacial score (nSPS) is 30.6. The molecule has 8 heteroatoms. The van der Waals surface area contributed by atoms with E-state index in [4.69, 9.17) is 0 Å². The molecule has 16 heavy (non-hydrogen) atoms. The Balaban J connectivity index is 2.10. The minimum atomic E-state index is -0.804. The predicted octanol–water partition coefficient (Wildman–Crippen LogP) is -1.96. The van der Waals surface area contributed by atoms with Crippen LogP contribution in [-0.4, -0.2) is 36.0 Å². The smallest absolute Gasteiger partial charge is 0.322 e. The van der Waals surface area contributed by atoms with E-state index in [-0.39, 0.29) is 0 Å². The summed E-state index contributed by atoms with van der Waals surface area (Å²) in [5, 5.41) is 8.90. The van der Waals surface area contributed by atoms with Gasteiger partial charge in [-0.05, 0) is 0 Å². The summed E-state index contributed by atoms with van der Waals surface area (Å²) in [6.07, 6.45) is 0. The van der Waals surface area contributed by atoms with Crippen LogP contribution in [0.4, 0.5) is 9.59 Å². The average molecular weight is 226 g/mol. The molecule has 0 aromatic rings. The second-order valence-electron chi connectivity index (χ2n) is 3.74. The maximum absolute atomic E-state index is 11.3. The van der Waals surface area contributed by atoms with Crippen LogP contribution in [0.25, 0.3) is 0 Å². The molecule has 0 aliphatic carbocycles. The molecule has 2 rings (SSSR count). The Hall–Kier alpha value is -2.12. The summed E-state index contributed by atoms with van der Waals surface area (Å²) < 4.78 is 0. The third-order valence-electron chi connectivity index (χ3n) is 2.66. The number of hydrogen-bond acceptors (Lipinski definition) is 4. The van der Waals surface area contributed by atoms with E-state index < -0.39 is 41.9 Å². The SMILES string of the molecule is CC(C1NC(=O)NC1=O)C1NC(=O)NC1=O. The first kappa shape index (κ1) is 10.4. The van der Waals surface area contributed by atoms with Crippen LogP contribution in [0.5, 0.6) is 0 Å². The molecule has 0 radical (unpaired) electrons. The van der Waals surface area contributed by atoms with Gasteiger partial charge in [0.25, 0.3) is 11.8 Å². The van der Waals surface area contributed by atoms with E-state index in [9.17, 15) is 19.2 Å². The molecule has 0 aromatic heterocycles. The summed E-state index contributed by atoms with van der Waals surface area (Å²) in [6.45, 7) is 1.60. The first-order valence-electron chi connectivity index (χ1n) is 4.72. The molecule has 2 fully saturated rings. The Kier molecular flexibility index (Phi) is 2.26. The molecule has 2 atom stereocenters. The van der Waals surface area contributed by atoms with Crippen LogP contribution in [0.15, 0.2) is 0 Å². The minimum Gasteiger partial charge on any atom is -0.326 e. The number of urea groups is 2. The van der Waals surface area contributed by atoms with Gasteiger partial charge >= 0.3 is 12.1 Å². The van der Waals surface area contributed by atoms with Crippen molar-refractivity contribution in [2.24, 2.45) is 5.92 Å². The molecule has 2 aliphatic heterocycles. The monoisotopic (exact) mass is 226 g/mol. The van der Waals surface area contributed by atoms with Crippen LogP contribution in [0.2, 0.25) is 0 Å². The van der Waals surface area contributed by atoms with Gasteiger partial charge in [-0.2, -0.15) is 0 Å². The molecule has 2 saturated heterocycles. The van der Waals surface area contributed by atoms with Gasteiger partial charge in [-0.15, -0.1) is 0 Å². The first-order valence-corrected chi connectivity index (χ1v) is 4.72. The van der Waals surface area contributed by atoms with E-state index >= 15 is 0 Å². The second-order valence-corrected chi connectivity index (χ2v) is 3.74. The number of hydrogen-bond donors (Lipinski definition) is 4. The van der Waals surface area contributed by atoms with Gasteiger partial charge in [0.2, 0.25) is 0 Å². The standard InChI is InChI=1S/C8H10N4O4/c1-2(3-5(13)11-7(15)9-3)4-6(14)12-8(16)10-4/h2-4H,1H3,(H2,9,11,13,15)(H2,10,12,14,16). The van der Waals surface area contributed by atoms with Gasteiger partial charge in [0.15, 0.2) is 0 Å². The van der Waals surface area contributed by atoms with Crippen molar-refractivity contribution in [3.8, 4) is 0 Å². The molecule has 2 unspecified atom stereocenters. The number of carbonyl (C=O) groups is 4. The largest absolute Gasteiger partial charge is 0.326 e. The first-order chi connectivity index (χ1) is 7.49. The quantitative estimate of drug-likeness (QED) is 0.409. The van der Waals surface area contributed by atoms with Crippen LogP contribution >= 0.6 is 0 Å². The lowest BCUT2D eigenvalue weighted by Crippen LogP contribution is -2.47. The number of carbonyl (C=O) groups excluding carboxylic acids is 4. The Morgan fingerprint density at radius 2 is 1.25 bits per heavy atom. The van der Waals surface area contributed by atoms with Crippen LogP contribution in [0.3, 0.4) is 0 Å². The van der Waals surface area contributed by atoms with E-state index in [1.807, 2.05) is 0 Å². The Bertz CT molecular complexity index is 357. The van der Waals surface area contributed by atoms with Crippen molar-refractivity contribution in [3.63, 3.8) is 0 Å². The molecular formula is C8H10N4O4. The lowest BCUT2D eigenvalue weighted by molar-refractivity contribution is -0.123. The average Bonchev–Trinajstić information content (AvgIpc) is 2.68. The second kappa shape index (κ2) is 3.47. The van der Waals surface area contributed by atoms with Gasteiger partial charge in [-0.1, -0.05) is 6.92 Å². The third-order valence-corrected chi connectivity index (χ3v) is 2.66. The van der Waals surface area contributed by atoms with Gasteiger partial charge in [0.05, 0.1) is 0 Å². The van der Waals surface area contributed by atoms with Gasteiger partial charge < -0.3 is 10.6 Å². The van der Waals surface area contributed by atoms with Crippen molar-refractivity contribution in [2.45, 2.75) is 19.0 Å². The van der Waals surface area contributed by atoms with Crippen molar-refractivity contribution in [1.82, 2.24) is 21.3 Å². The van der Waals surface area contributed by atoms with Crippen LogP contribution in [-0.2, 0) is 9.59 Å². The van der Waals surface area contributed by atoms with Gasteiger partial charge in [0, 0.05) is 5.92 Å². The fourth-order valence-corrected chi connectivity index (χ4v) is 1.80. The number of rotatable bonds is 2. The Morgan fingerprint density at radius 3 is 1.50 bits per heavy atom. The van der Waals surface area contributed by atoms with Gasteiger partial charge in [-0.3, -0.25) is 20.2 Å². The van der Waals surface area contributed by atoms with Crippen LogP contribution < -0.4 is 21.3 Å². The highest BCUT2D eigenvalue weighted by molar-refractivity contribution is 6.07. The van der Waals surface area contributed by atoms with E-state index in [0.29, 0.717) is 0 Å². The third kappa shape index (κ3) is 1.58. The summed E-state index contributed by atoms with van der Waals surface area (Å²) in [5.74, 6) is -1.50. The Morgan fingerprint density at radius 1 is 0.875 bits per heavy atom. The molecule has 0 saturated carbocycles. The van der Waals surface area contributed by atoms with Crippen molar-refractivity contribution >= 4 is 23.9 Å². The highest BCUT2D eigenvalue weighted by Gasteiger charge is 2.43. The molecule has 0 spiro atoms. The zero-order chi connectivity index (χ0) is 11.9. The van der Waals surface area contributed by atoms with Crippen LogP contribution in [0.1, 0.15) is 6.92 Å². The highest BCUT2D eigenvalue weighted by Crippen LogP contribution is 2.14. The summed E-state index contributed by atoms with van der Waals surface area (Å²) >= 11 is 0. The number of imide groups is 2. The van der Waals surface area contributed by atoms with Crippen LogP contribution in [0, 0.1) is 5.92 Å². The molecule has 2 aliphatic rings. The summed E-state index contributed by atoms with van der Waals surface area (Å²) in [7, 11) is 0. The number of nitrogens with one attached hydrogen (secondary N) is 4. The molecule has 6 amide bonds. The molecule has 2 heterocycles. The van der Waals surface area contributed by atoms with E-state index in [1.54, 1.807) is 6.92 Å². The maximum atomic E-state index is 11.3. The fourth-order valence-electron chi connectivity index (χ4n) is 1.80. The lowest BCUT2D eigenvalue weighted by atomic mass is 9.93. The fraction of sp³-hybridized carbons (Fsp3) is 0.500. The molecule has 4 N–H and O–H groups in total. The molecule has 0 bridgehead atoms. The topological polar surface area (TPSA) is 116 Å². The predicted molar refractivity (Wildman–Crippen MR) is 50.1 cm³/mol. The highest BCUT2D eigenvalue weighted by atomic mass is 16.2. The van der Waals surface area contributed by atoms with Gasteiger partial charge in [0.1, 0.15) is 12.1 Å². The lowest BCUT2D eigenvalue weighted by Gasteiger charge is -2.20.